The number of methoxy groups -OCH3 is 1. The van der Waals surface area contributed by atoms with E-state index in [0.29, 0.717) is 6.54 Å². The number of nitrogens with one attached hydrogen (secondary N) is 1. The number of likely N-dealkylation sites (tertiary alicyclic amines) is 1. The highest BCUT2D eigenvalue weighted by atomic mass is 16.5. The number of carbonyl (C=O) groups is 3. The van der Waals surface area contributed by atoms with Crippen LogP contribution in [0.15, 0.2) is 70.3 Å². The fraction of sp³-hybridized carbons (Fsp3) is 0.321. The Morgan fingerprint density at radius 1 is 1.00 bits per heavy atom. The van der Waals surface area contributed by atoms with Crippen LogP contribution in [0.1, 0.15) is 17.5 Å². The van der Waals surface area contributed by atoms with E-state index < -0.39 is 35.7 Å². The molecule has 3 N–H and O–H groups in total. The van der Waals surface area contributed by atoms with Crippen molar-refractivity contribution in [2.75, 3.05) is 44.0 Å². The summed E-state index contributed by atoms with van der Waals surface area (Å²) in [5, 5.41) is 0. The third-order valence-electron chi connectivity index (χ3n) is 6.59. The molecule has 0 unspecified atom stereocenters. The molecule has 0 bridgehead atoms. The molecule has 1 fully saturated rings. The van der Waals surface area contributed by atoms with Gasteiger partial charge in [-0.2, -0.15) is 0 Å². The molecule has 2 aromatic carbocycles. The number of H-pyrrole nitrogens is 1. The van der Waals surface area contributed by atoms with Crippen molar-refractivity contribution >= 4 is 29.3 Å². The number of rotatable bonds is 11. The SMILES string of the molecule is COCCN(C(=O)COC(=O)[C@@H]1CC(=O)N(Cc2ccccc2)C1)c1c(N)n(Cc2ccccc2)c(=O)[nH]c1=O. The van der Waals surface area contributed by atoms with Gasteiger partial charge >= 0.3 is 11.7 Å². The van der Waals surface area contributed by atoms with Crippen LogP contribution in [0, 0.1) is 5.92 Å². The Hall–Kier alpha value is -4.71. The van der Waals surface area contributed by atoms with Gasteiger partial charge in [-0.3, -0.25) is 33.6 Å². The molecule has 210 valence electrons. The molecular weight excluding hydrogens is 518 g/mol. The lowest BCUT2D eigenvalue weighted by Crippen LogP contribution is -2.44. The second kappa shape index (κ2) is 12.9. The second-order valence-corrected chi connectivity index (χ2v) is 9.37. The number of amides is 2. The number of hydrogen-bond donors (Lipinski definition) is 2. The Labute approximate surface area is 229 Å². The van der Waals surface area contributed by atoms with Gasteiger partial charge in [0.2, 0.25) is 5.91 Å². The Bertz CT molecular complexity index is 1470. The number of aromatic amines is 1. The van der Waals surface area contributed by atoms with Gasteiger partial charge < -0.3 is 20.1 Å². The molecule has 0 aliphatic carbocycles. The van der Waals surface area contributed by atoms with Gasteiger partial charge in [0.05, 0.1) is 19.1 Å². The van der Waals surface area contributed by atoms with E-state index in [9.17, 15) is 24.0 Å². The van der Waals surface area contributed by atoms with Gasteiger partial charge in [0.1, 0.15) is 5.82 Å². The van der Waals surface area contributed by atoms with E-state index in [1.807, 2.05) is 36.4 Å². The maximum Gasteiger partial charge on any atom is 0.330 e. The summed E-state index contributed by atoms with van der Waals surface area (Å²) in [5.41, 5.74) is 6.10. The van der Waals surface area contributed by atoms with Crippen LogP contribution < -0.4 is 21.9 Å². The molecule has 1 aromatic heterocycles. The molecule has 40 heavy (non-hydrogen) atoms. The maximum absolute atomic E-state index is 13.2. The van der Waals surface area contributed by atoms with Crippen molar-refractivity contribution in [3.63, 3.8) is 0 Å². The molecule has 2 heterocycles. The van der Waals surface area contributed by atoms with Crippen LogP contribution in [0.3, 0.4) is 0 Å². The first-order chi connectivity index (χ1) is 19.3. The average molecular weight is 550 g/mol. The van der Waals surface area contributed by atoms with Crippen LogP contribution >= 0.6 is 0 Å². The summed E-state index contributed by atoms with van der Waals surface area (Å²) < 4.78 is 11.5. The van der Waals surface area contributed by atoms with Crippen LogP contribution in [-0.2, 0) is 36.9 Å². The molecule has 1 atom stereocenters. The van der Waals surface area contributed by atoms with E-state index in [1.165, 1.54) is 7.11 Å². The predicted molar refractivity (Wildman–Crippen MR) is 146 cm³/mol. The number of hydrogen-bond acceptors (Lipinski definition) is 8. The Kier molecular flexibility index (Phi) is 9.12. The first-order valence-corrected chi connectivity index (χ1v) is 12.7. The zero-order chi connectivity index (χ0) is 28.6. The molecule has 4 rings (SSSR count). The van der Waals surface area contributed by atoms with Crippen LogP contribution in [0.4, 0.5) is 11.5 Å². The summed E-state index contributed by atoms with van der Waals surface area (Å²) in [6, 6.07) is 18.4. The number of anilines is 2. The molecular formula is C28H31N5O7. The van der Waals surface area contributed by atoms with Gasteiger partial charge in [0, 0.05) is 33.2 Å². The number of nitrogens with zero attached hydrogens (tertiary/aromatic N) is 3. The normalized spacial score (nSPS) is 14.8. The largest absolute Gasteiger partial charge is 0.455 e. The molecule has 0 saturated carbocycles. The monoisotopic (exact) mass is 549 g/mol. The average Bonchev–Trinajstić information content (AvgIpc) is 3.32. The highest BCUT2D eigenvalue weighted by molar-refractivity contribution is 5.97. The molecule has 1 saturated heterocycles. The number of carbonyl (C=O) groups excluding carboxylic acids is 3. The third-order valence-corrected chi connectivity index (χ3v) is 6.59. The zero-order valence-corrected chi connectivity index (χ0v) is 22.1. The lowest BCUT2D eigenvalue weighted by Gasteiger charge is -2.24. The van der Waals surface area contributed by atoms with Crippen molar-refractivity contribution in [2.45, 2.75) is 19.5 Å². The molecule has 1 aliphatic heterocycles. The van der Waals surface area contributed by atoms with Crippen LogP contribution in [0.25, 0.3) is 0 Å². The van der Waals surface area contributed by atoms with Gasteiger partial charge in [0.25, 0.3) is 11.5 Å². The molecule has 12 heteroatoms. The van der Waals surface area contributed by atoms with Crippen molar-refractivity contribution < 1.29 is 23.9 Å². The standard InChI is InChI=1S/C28H31N5O7/c1-39-13-12-32(24-25(29)33(28(38)30-26(24)36)16-20-10-6-3-7-11-20)23(35)18-40-27(37)21-14-22(34)31(17-21)15-19-8-4-2-5-9-19/h2-11,21H,12-18,29H2,1H3,(H,30,36,38)/t21-/m1/s1. The van der Waals surface area contributed by atoms with E-state index in [-0.39, 0.29) is 50.1 Å². The summed E-state index contributed by atoms with van der Waals surface area (Å²) in [6.45, 7) is -0.133. The molecule has 0 spiro atoms. The Morgan fingerprint density at radius 3 is 2.25 bits per heavy atom. The maximum atomic E-state index is 13.2. The van der Waals surface area contributed by atoms with Gasteiger partial charge in [-0.25, -0.2) is 4.79 Å². The second-order valence-electron chi connectivity index (χ2n) is 9.37. The van der Waals surface area contributed by atoms with E-state index >= 15 is 0 Å². The molecule has 1 aliphatic rings. The summed E-state index contributed by atoms with van der Waals surface area (Å²) in [4.78, 5) is 68.6. The minimum Gasteiger partial charge on any atom is -0.455 e. The molecule has 2 amide bonds. The van der Waals surface area contributed by atoms with Gasteiger partial charge in [0.15, 0.2) is 12.3 Å². The van der Waals surface area contributed by atoms with Gasteiger partial charge in [-0.05, 0) is 11.1 Å². The zero-order valence-electron chi connectivity index (χ0n) is 22.1. The molecule has 0 radical (unpaired) electrons. The van der Waals surface area contributed by atoms with Gasteiger partial charge in [-0.15, -0.1) is 0 Å². The number of aromatic nitrogens is 2. The first-order valence-electron chi connectivity index (χ1n) is 12.7. The fourth-order valence-electron chi connectivity index (χ4n) is 4.52. The topological polar surface area (TPSA) is 157 Å². The van der Waals surface area contributed by atoms with Crippen molar-refractivity contribution in [3.05, 3.63) is 92.6 Å². The van der Waals surface area contributed by atoms with Crippen LogP contribution in [0.5, 0.6) is 0 Å². The lowest BCUT2D eigenvalue weighted by atomic mass is 10.1. The van der Waals surface area contributed by atoms with E-state index in [4.69, 9.17) is 15.2 Å². The summed E-state index contributed by atoms with van der Waals surface area (Å²) in [7, 11) is 1.42. The first kappa shape index (κ1) is 28.3. The third kappa shape index (κ3) is 6.64. The summed E-state index contributed by atoms with van der Waals surface area (Å²) in [5.74, 6) is -2.55. The van der Waals surface area contributed by atoms with Crippen molar-refractivity contribution in [1.29, 1.82) is 0 Å². The smallest absolute Gasteiger partial charge is 0.330 e. The molecule has 12 nitrogen and oxygen atoms in total. The van der Waals surface area contributed by atoms with Crippen molar-refractivity contribution in [3.8, 4) is 0 Å². The van der Waals surface area contributed by atoms with Gasteiger partial charge in [-0.1, -0.05) is 60.7 Å². The summed E-state index contributed by atoms with van der Waals surface area (Å²) in [6.07, 6.45) is -0.0235. The van der Waals surface area contributed by atoms with E-state index in [0.717, 1.165) is 20.6 Å². The highest BCUT2D eigenvalue weighted by Crippen LogP contribution is 2.22. The number of ether oxygens (including phenoxy) is 2. The minimum atomic E-state index is -0.861. The Balaban J connectivity index is 1.47. The molecule has 3 aromatic rings. The summed E-state index contributed by atoms with van der Waals surface area (Å²) >= 11 is 0. The van der Waals surface area contributed by atoms with Crippen molar-refractivity contribution in [2.24, 2.45) is 5.92 Å². The van der Waals surface area contributed by atoms with Crippen LogP contribution in [0.2, 0.25) is 0 Å². The fourth-order valence-corrected chi connectivity index (χ4v) is 4.52. The predicted octanol–water partition coefficient (Wildman–Crippen LogP) is 0.738. The quantitative estimate of drug-likeness (QED) is 0.332. The van der Waals surface area contributed by atoms with Crippen LogP contribution in [-0.4, -0.2) is 65.6 Å². The Morgan fingerprint density at radius 2 is 1.62 bits per heavy atom. The lowest BCUT2D eigenvalue weighted by molar-refractivity contribution is -0.151. The van der Waals surface area contributed by atoms with Crippen molar-refractivity contribution in [1.82, 2.24) is 14.5 Å². The van der Waals surface area contributed by atoms with E-state index in [1.54, 1.807) is 29.2 Å². The highest BCUT2D eigenvalue weighted by Gasteiger charge is 2.36. The number of esters is 1. The number of nitrogens with two attached hydrogens (primary N) is 1. The minimum absolute atomic E-state index is 0.0235. The number of nitrogen functional groups attached to an aromatic ring is 1. The van der Waals surface area contributed by atoms with E-state index in [2.05, 4.69) is 4.98 Å². The number of benzene rings is 2.